The van der Waals surface area contributed by atoms with Gasteiger partial charge in [-0.1, -0.05) is 12.1 Å². The van der Waals surface area contributed by atoms with Crippen LogP contribution in [0.2, 0.25) is 0 Å². The summed E-state index contributed by atoms with van der Waals surface area (Å²) in [5.74, 6) is -1.05. The molecular formula is C15H16O3. The van der Waals surface area contributed by atoms with Crippen LogP contribution in [0.4, 0.5) is 0 Å². The Kier molecular flexibility index (Phi) is 2.69. The van der Waals surface area contributed by atoms with Crippen LogP contribution in [0.3, 0.4) is 0 Å². The molecule has 94 valence electrons. The molecule has 0 radical (unpaired) electrons. The highest BCUT2D eigenvalue weighted by Crippen LogP contribution is 2.35. The Labute approximate surface area is 106 Å². The third-order valence-electron chi connectivity index (χ3n) is 4.09. The minimum atomic E-state index is -0.613. The second kappa shape index (κ2) is 4.23. The van der Waals surface area contributed by atoms with Crippen molar-refractivity contribution in [3.05, 3.63) is 34.4 Å². The zero-order valence-electron chi connectivity index (χ0n) is 10.5. The predicted octanol–water partition coefficient (Wildman–Crippen LogP) is 2.09. The third-order valence-corrected chi connectivity index (χ3v) is 4.09. The number of carbonyl (C=O) groups excluding carboxylic acids is 2. The zero-order chi connectivity index (χ0) is 12.7. The Balaban J connectivity index is 2.05. The monoisotopic (exact) mass is 244 g/mol. The maximum atomic E-state index is 12.4. The lowest BCUT2D eigenvalue weighted by Gasteiger charge is -2.18. The molecule has 1 atom stereocenters. The van der Waals surface area contributed by atoms with E-state index in [1.807, 2.05) is 6.07 Å². The normalized spacial score (nSPS) is 21.4. The van der Waals surface area contributed by atoms with Gasteiger partial charge < -0.3 is 4.74 Å². The molecule has 18 heavy (non-hydrogen) atoms. The molecule has 0 unspecified atom stereocenters. The minimum Gasteiger partial charge on any atom is -0.468 e. The summed E-state index contributed by atoms with van der Waals surface area (Å²) in [6.07, 6.45) is 4.87. The molecule has 3 nitrogen and oxygen atoms in total. The smallest absolute Gasteiger partial charge is 0.316 e. The van der Waals surface area contributed by atoms with Crippen LogP contribution in [0, 0.1) is 5.92 Å². The number of methoxy groups -OCH3 is 1. The summed E-state index contributed by atoms with van der Waals surface area (Å²) in [7, 11) is 1.34. The number of hydrogen-bond donors (Lipinski definition) is 0. The highest BCUT2D eigenvalue weighted by atomic mass is 16.5. The first kappa shape index (κ1) is 11.5. The van der Waals surface area contributed by atoms with Crippen LogP contribution < -0.4 is 0 Å². The van der Waals surface area contributed by atoms with Crippen molar-refractivity contribution in [3.8, 4) is 0 Å². The summed E-state index contributed by atoms with van der Waals surface area (Å²) in [4.78, 5) is 24.0. The molecule has 0 aliphatic heterocycles. The molecule has 0 fully saturated rings. The Morgan fingerprint density at radius 2 is 1.94 bits per heavy atom. The van der Waals surface area contributed by atoms with Crippen LogP contribution in [0.15, 0.2) is 12.1 Å². The predicted molar refractivity (Wildman–Crippen MR) is 66.6 cm³/mol. The van der Waals surface area contributed by atoms with Crippen LogP contribution in [0.1, 0.15) is 39.9 Å². The topological polar surface area (TPSA) is 43.4 Å². The molecule has 0 spiro atoms. The molecule has 3 rings (SSSR count). The van der Waals surface area contributed by atoms with Gasteiger partial charge in [0.2, 0.25) is 0 Å². The van der Waals surface area contributed by atoms with E-state index in [9.17, 15) is 9.59 Å². The first-order chi connectivity index (χ1) is 8.72. The fourth-order valence-corrected chi connectivity index (χ4v) is 3.17. The molecule has 0 amide bonds. The Morgan fingerprint density at radius 3 is 2.72 bits per heavy atom. The number of carbonyl (C=O) groups is 2. The number of fused-ring (bicyclic) bond motifs is 3. The molecule has 0 bridgehead atoms. The molecule has 2 aliphatic carbocycles. The van der Waals surface area contributed by atoms with Crippen molar-refractivity contribution in [1.29, 1.82) is 0 Å². The van der Waals surface area contributed by atoms with Crippen LogP contribution in [0.25, 0.3) is 0 Å². The number of aryl methyl sites for hydroxylation is 1. The van der Waals surface area contributed by atoms with E-state index in [0.29, 0.717) is 6.42 Å². The average Bonchev–Trinajstić information content (AvgIpc) is 2.76. The number of ketones is 1. The molecule has 1 aromatic rings. The van der Waals surface area contributed by atoms with Crippen molar-refractivity contribution in [2.45, 2.75) is 32.1 Å². The maximum absolute atomic E-state index is 12.4. The van der Waals surface area contributed by atoms with Crippen LogP contribution >= 0.6 is 0 Å². The van der Waals surface area contributed by atoms with Crippen molar-refractivity contribution < 1.29 is 14.3 Å². The lowest BCUT2D eigenvalue weighted by molar-refractivity contribution is -0.143. The Hall–Kier alpha value is -1.64. The number of hydrogen-bond acceptors (Lipinski definition) is 3. The first-order valence-corrected chi connectivity index (χ1v) is 6.48. The van der Waals surface area contributed by atoms with Crippen molar-refractivity contribution >= 4 is 11.8 Å². The van der Waals surface area contributed by atoms with E-state index in [1.54, 1.807) is 0 Å². The van der Waals surface area contributed by atoms with Crippen molar-refractivity contribution in [2.24, 2.45) is 5.92 Å². The van der Waals surface area contributed by atoms with Gasteiger partial charge in [0.1, 0.15) is 5.92 Å². The highest BCUT2D eigenvalue weighted by Gasteiger charge is 2.38. The van der Waals surface area contributed by atoms with Gasteiger partial charge >= 0.3 is 5.97 Å². The number of ether oxygens (including phenoxy) is 1. The van der Waals surface area contributed by atoms with Gasteiger partial charge in [0.15, 0.2) is 5.78 Å². The van der Waals surface area contributed by atoms with Crippen LogP contribution in [-0.4, -0.2) is 18.9 Å². The van der Waals surface area contributed by atoms with Gasteiger partial charge in [-0.25, -0.2) is 0 Å². The standard InChI is InChI=1S/C15H16O3/c1-18-15(17)12-8-10-7-6-9-4-2-3-5-11(9)13(10)14(12)16/h6-7,12H,2-5,8H2,1H3/t12-/m1/s1. The summed E-state index contributed by atoms with van der Waals surface area (Å²) in [6.45, 7) is 0. The fourth-order valence-electron chi connectivity index (χ4n) is 3.17. The molecular weight excluding hydrogens is 228 g/mol. The minimum absolute atomic E-state index is 0.0319. The summed E-state index contributed by atoms with van der Waals surface area (Å²) in [5.41, 5.74) is 4.33. The van der Waals surface area contributed by atoms with Gasteiger partial charge in [0.25, 0.3) is 0 Å². The summed E-state index contributed by atoms with van der Waals surface area (Å²) < 4.78 is 4.72. The van der Waals surface area contributed by atoms with Crippen LogP contribution in [0.5, 0.6) is 0 Å². The highest BCUT2D eigenvalue weighted by molar-refractivity contribution is 6.13. The molecule has 0 N–H and O–H groups in total. The van der Waals surface area contributed by atoms with Gasteiger partial charge in [-0.3, -0.25) is 9.59 Å². The summed E-state index contributed by atoms with van der Waals surface area (Å²) in [6, 6.07) is 4.14. The van der Waals surface area contributed by atoms with E-state index < -0.39 is 11.9 Å². The quantitative estimate of drug-likeness (QED) is 0.561. The van der Waals surface area contributed by atoms with Gasteiger partial charge in [-0.2, -0.15) is 0 Å². The molecule has 0 saturated heterocycles. The zero-order valence-corrected chi connectivity index (χ0v) is 10.5. The van der Waals surface area contributed by atoms with E-state index in [2.05, 4.69) is 6.07 Å². The van der Waals surface area contributed by atoms with E-state index in [1.165, 1.54) is 24.7 Å². The number of esters is 1. The number of benzene rings is 1. The number of Topliss-reactive ketones (excluding diaryl/α,β-unsaturated/α-hetero) is 1. The van der Waals surface area contributed by atoms with Gasteiger partial charge in [-0.05, 0) is 48.8 Å². The van der Waals surface area contributed by atoms with E-state index in [4.69, 9.17) is 4.74 Å². The van der Waals surface area contributed by atoms with Crippen molar-refractivity contribution in [1.82, 2.24) is 0 Å². The van der Waals surface area contributed by atoms with Crippen LogP contribution in [-0.2, 0) is 28.8 Å². The van der Waals surface area contributed by atoms with Crippen molar-refractivity contribution in [3.63, 3.8) is 0 Å². The van der Waals surface area contributed by atoms with E-state index in [-0.39, 0.29) is 5.78 Å². The second-order valence-electron chi connectivity index (χ2n) is 5.09. The third kappa shape index (κ3) is 1.57. The first-order valence-electron chi connectivity index (χ1n) is 6.48. The molecule has 2 aliphatic rings. The molecule has 1 aromatic carbocycles. The lowest BCUT2D eigenvalue weighted by Crippen LogP contribution is -2.22. The Bertz CT molecular complexity index is 531. The average molecular weight is 244 g/mol. The molecule has 0 heterocycles. The summed E-state index contributed by atoms with van der Waals surface area (Å²) >= 11 is 0. The Morgan fingerprint density at radius 1 is 1.22 bits per heavy atom. The SMILES string of the molecule is COC(=O)[C@@H]1Cc2ccc3c(c2C1=O)CCCC3. The fraction of sp³-hybridized carbons (Fsp3) is 0.467. The summed E-state index contributed by atoms with van der Waals surface area (Å²) in [5, 5.41) is 0. The number of rotatable bonds is 1. The van der Waals surface area contributed by atoms with Gasteiger partial charge in [0, 0.05) is 5.56 Å². The lowest BCUT2D eigenvalue weighted by atomic mass is 9.86. The molecule has 0 saturated carbocycles. The molecule has 3 heteroatoms. The largest absolute Gasteiger partial charge is 0.468 e. The van der Waals surface area contributed by atoms with E-state index in [0.717, 1.165) is 30.4 Å². The second-order valence-corrected chi connectivity index (χ2v) is 5.09. The van der Waals surface area contributed by atoms with Gasteiger partial charge in [-0.15, -0.1) is 0 Å². The van der Waals surface area contributed by atoms with E-state index >= 15 is 0 Å². The van der Waals surface area contributed by atoms with Crippen molar-refractivity contribution in [2.75, 3.05) is 7.11 Å². The maximum Gasteiger partial charge on any atom is 0.316 e. The van der Waals surface area contributed by atoms with Gasteiger partial charge in [0.05, 0.1) is 7.11 Å². The molecule has 0 aromatic heterocycles.